The standard InChI is InChI=1S/C16H13F3N2O5S/c17-16(18,19)27(24,25)13-6-7-14(15(8-13)21(22)23)20-9-12(10-20)26-11-4-2-1-3-5-11/h1-8,12H,9-10H2. The number of nitrogens with zero attached hydrogens (tertiary/aromatic N) is 2. The van der Waals surface area contributed by atoms with Gasteiger partial charge in [-0.1, -0.05) is 18.2 Å². The van der Waals surface area contributed by atoms with Crippen molar-refractivity contribution in [1.29, 1.82) is 0 Å². The summed E-state index contributed by atoms with van der Waals surface area (Å²) in [5, 5.41) is 11.2. The van der Waals surface area contributed by atoms with Gasteiger partial charge < -0.3 is 9.64 Å². The normalized spacial score (nSPS) is 15.3. The zero-order valence-corrected chi connectivity index (χ0v) is 14.4. The number of nitro groups is 1. The molecule has 3 rings (SSSR count). The number of benzene rings is 2. The SMILES string of the molecule is O=[N+]([O-])c1cc(S(=O)(=O)C(F)(F)F)ccc1N1CC(Oc2ccccc2)C1. The summed E-state index contributed by atoms with van der Waals surface area (Å²) in [6, 6.07) is 11.1. The van der Waals surface area contributed by atoms with E-state index in [9.17, 15) is 31.7 Å². The molecule has 0 aromatic heterocycles. The van der Waals surface area contributed by atoms with Crippen molar-refractivity contribution in [3.63, 3.8) is 0 Å². The lowest BCUT2D eigenvalue weighted by molar-refractivity contribution is -0.384. The molecule has 0 atom stereocenters. The quantitative estimate of drug-likeness (QED) is 0.564. The van der Waals surface area contributed by atoms with E-state index in [1.54, 1.807) is 24.3 Å². The van der Waals surface area contributed by atoms with E-state index in [-0.39, 0.29) is 24.9 Å². The molecule has 11 heteroatoms. The highest BCUT2D eigenvalue weighted by Gasteiger charge is 2.47. The minimum Gasteiger partial charge on any atom is -0.487 e. The van der Waals surface area contributed by atoms with Gasteiger partial charge in [0.05, 0.1) is 22.9 Å². The zero-order valence-electron chi connectivity index (χ0n) is 13.6. The first-order valence-corrected chi connectivity index (χ1v) is 9.14. The van der Waals surface area contributed by atoms with Crippen LogP contribution in [0.15, 0.2) is 53.4 Å². The highest BCUT2D eigenvalue weighted by Crippen LogP contribution is 2.37. The highest BCUT2D eigenvalue weighted by molar-refractivity contribution is 7.92. The fourth-order valence-electron chi connectivity index (χ4n) is 2.62. The van der Waals surface area contributed by atoms with Crippen LogP contribution in [-0.2, 0) is 9.84 Å². The first kappa shape index (κ1) is 19.0. The Morgan fingerprint density at radius 3 is 2.30 bits per heavy atom. The molecule has 0 spiro atoms. The van der Waals surface area contributed by atoms with Gasteiger partial charge in [0.1, 0.15) is 17.5 Å². The van der Waals surface area contributed by atoms with Crippen molar-refractivity contribution in [2.75, 3.05) is 18.0 Å². The van der Waals surface area contributed by atoms with Gasteiger partial charge in [-0.25, -0.2) is 8.42 Å². The second-order valence-corrected chi connectivity index (χ2v) is 7.76. The number of hydrogen-bond acceptors (Lipinski definition) is 6. The first-order valence-electron chi connectivity index (χ1n) is 7.66. The van der Waals surface area contributed by atoms with Gasteiger partial charge in [0.25, 0.3) is 15.5 Å². The van der Waals surface area contributed by atoms with E-state index in [2.05, 4.69) is 0 Å². The number of ether oxygens (including phenoxy) is 1. The summed E-state index contributed by atoms with van der Waals surface area (Å²) in [5.74, 6) is 0.628. The molecule has 0 N–H and O–H groups in total. The average molecular weight is 402 g/mol. The molecule has 2 aromatic carbocycles. The summed E-state index contributed by atoms with van der Waals surface area (Å²) in [4.78, 5) is 10.7. The molecule has 1 heterocycles. The van der Waals surface area contributed by atoms with Gasteiger partial charge in [0.15, 0.2) is 0 Å². The van der Waals surface area contributed by atoms with E-state index in [4.69, 9.17) is 4.74 Å². The monoisotopic (exact) mass is 402 g/mol. The third-order valence-corrected chi connectivity index (χ3v) is 5.48. The van der Waals surface area contributed by atoms with Gasteiger partial charge in [-0.05, 0) is 24.3 Å². The highest BCUT2D eigenvalue weighted by atomic mass is 32.2. The molecule has 0 amide bonds. The molecular weight excluding hydrogens is 389 g/mol. The molecule has 0 aliphatic carbocycles. The van der Waals surface area contributed by atoms with Crippen molar-refractivity contribution in [3.05, 3.63) is 58.6 Å². The molecule has 1 saturated heterocycles. The van der Waals surface area contributed by atoms with E-state index < -0.39 is 30.9 Å². The largest absolute Gasteiger partial charge is 0.501 e. The summed E-state index contributed by atoms with van der Waals surface area (Å²) < 4.78 is 66.6. The zero-order chi connectivity index (χ0) is 19.8. The molecule has 7 nitrogen and oxygen atoms in total. The molecule has 144 valence electrons. The topological polar surface area (TPSA) is 89.8 Å². The number of hydrogen-bond donors (Lipinski definition) is 0. The molecule has 0 saturated carbocycles. The number of alkyl halides is 3. The minimum atomic E-state index is -5.66. The second-order valence-electron chi connectivity index (χ2n) is 5.81. The predicted molar refractivity (Wildman–Crippen MR) is 89.4 cm³/mol. The second kappa shape index (κ2) is 6.72. The molecule has 0 unspecified atom stereocenters. The van der Waals surface area contributed by atoms with Crippen LogP contribution in [0.4, 0.5) is 24.5 Å². The van der Waals surface area contributed by atoms with Crippen LogP contribution in [0.3, 0.4) is 0 Å². The lowest BCUT2D eigenvalue weighted by atomic mass is 10.1. The number of halogens is 3. The molecule has 1 aliphatic rings. The fraction of sp³-hybridized carbons (Fsp3) is 0.250. The maximum Gasteiger partial charge on any atom is 0.501 e. The molecular formula is C16H13F3N2O5S. The van der Waals surface area contributed by atoms with Crippen LogP contribution in [0, 0.1) is 10.1 Å². The van der Waals surface area contributed by atoms with E-state index in [1.807, 2.05) is 6.07 Å². The maximum absolute atomic E-state index is 12.7. The number of sulfone groups is 1. The average Bonchev–Trinajstić information content (AvgIpc) is 2.57. The van der Waals surface area contributed by atoms with Crippen molar-refractivity contribution in [3.8, 4) is 5.75 Å². The predicted octanol–water partition coefficient (Wildman–Crippen LogP) is 3.16. The van der Waals surface area contributed by atoms with Crippen LogP contribution in [0.1, 0.15) is 0 Å². The summed E-state index contributed by atoms with van der Waals surface area (Å²) in [6.07, 6.45) is -0.245. The van der Waals surface area contributed by atoms with Crippen LogP contribution in [0.5, 0.6) is 5.75 Å². The third kappa shape index (κ3) is 3.68. The van der Waals surface area contributed by atoms with Crippen molar-refractivity contribution < 1.29 is 31.2 Å². The Morgan fingerprint density at radius 2 is 1.74 bits per heavy atom. The lowest BCUT2D eigenvalue weighted by Gasteiger charge is -2.40. The Hall–Kier alpha value is -2.82. The Balaban J connectivity index is 1.80. The maximum atomic E-state index is 12.7. The van der Waals surface area contributed by atoms with Gasteiger partial charge in [0.2, 0.25) is 0 Å². The van der Waals surface area contributed by atoms with Crippen LogP contribution in [-0.4, -0.2) is 38.0 Å². The minimum absolute atomic E-state index is 0.0361. The molecule has 1 aliphatic heterocycles. The van der Waals surface area contributed by atoms with Gasteiger partial charge in [-0.3, -0.25) is 10.1 Å². The smallest absolute Gasteiger partial charge is 0.487 e. The van der Waals surface area contributed by atoms with Crippen molar-refractivity contribution in [2.45, 2.75) is 16.5 Å². The fourth-order valence-corrected chi connectivity index (χ4v) is 3.40. The van der Waals surface area contributed by atoms with Gasteiger partial charge >= 0.3 is 5.51 Å². The molecule has 27 heavy (non-hydrogen) atoms. The van der Waals surface area contributed by atoms with Crippen LogP contribution in [0.25, 0.3) is 0 Å². The Kier molecular flexibility index (Phi) is 4.72. The number of nitro benzene ring substituents is 1. The Morgan fingerprint density at radius 1 is 1.11 bits per heavy atom. The first-order chi connectivity index (χ1) is 12.6. The summed E-state index contributed by atoms with van der Waals surface area (Å²) >= 11 is 0. The molecule has 2 aromatic rings. The van der Waals surface area contributed by atoms with Crippen LogP contribution in [0.2, 0.25) is 0 Å². The van der Waals surface area contributed by atoms with Gasteiger partial charge in [0, 0.05) is 6.07 Å². The van der Waals surface area contributed by atoms with E-state index >= 15 is 0 Å². The molecule has 1 fully saturated rings. The number of rotatable bonds is 5. The summed E-state index contributed by atoms with van der Waals surface area (Å²) in [7, 11) is -5.66. The van der Waals surface area contributed by atoms with Crippen molar-refractivity contribution in [2.24, 2.45) is 0 Å². The molecule has 0 bridgehead atoms. The summed E-state index contributed by atoms with van der Waals surface area (Å²) in [5.41, 5.74) is -6.21. The number of para-hydroxylation sites is 1. The van der Waals surface area contributed by atoms with Crippen LogP contribution >= 0.6 is 0 Å². The van der Waals surface area contributed by atoms with E-state index in [0.29, 0.717) is 11.8 Å². The third-order valence-electron chi connectivity index (χ3n) is 3.99. The Bertz CT molecular complexity index is 958. The lowest BCUT2D eigenvalue weighted by Crippen LogP contribution is -2.54. The molecule has 0 radical (unpaired) electrons. The van der Waals surface area contributed by atoms with Crippen molar-refractivity contribution in [1.82, 2.24) is 0 Å². The summed E-state index contributed by atoms with van der Waals surface area (Å²) in [6.45, 7) is 0.558. The van der Waals surface area contributed by atoms with E-state index in [1.165, 1.54) is 4.90 Å². The van der Waals surface area contributed by atoms with E-state index in [0.717, 1.165) is 12.1 Å². The van der Waals surface area contributed by atoms with Gasteiger partial charge in [-0.2, -0.15) is 13.2 Å². The van der Waals surface area contributed by atoms with Gasteiger partial charge in [-0.15, -0.1) is 0 Å². The van der Waals surface area contributed by atoms with Crippen LogP contribution < -0.4 is 9.64 Å². The Labute approximate surface area is 152 Å². The van der Waals surface area contributed by atoms with Crippen molar-refractivity contribution >= 4 is 21.2 Å². The number of anilines is 1.